The molecule has 4 N–H and O–H groups in total. The summed E-state index contributed by atoms with van der Waals surface area (Å²) in [6.45, 7) is 6.04. The predicted octanol–water partition coefficient (Wildman–Crippen LogP) is 3.22. The van der Waals surface area contributed by atoms with Crippen LogP contribution in [0.25, 0.3) is 16.9 Å². The molecule has 3 aromatic rings. The number of thiocarbonyl (C=S) groups is 1. The summed E-state index contributed by atoms with van der Waals surface area (Å²) in [7, 11) is 0. The molecule has 25 heavy (non-hydrogen) atoms. The SMILES string of the molecule is CC(N)=CC(=S)Nc1nc(SC(C)C)cn2c(-c3cn[nH]c3)cnc12. The highest BCUT2D eigenvalue weighted by molar-refractivity contribution is 7.99. The summed E-state index contributed by atoms with van der Waals surface area (Å²) >= 11 is 7.00. The van der Waals surface area contributed by atoms with Gasteiger partial charge in [0.15, 0.2) is 11.5 Å². The van der Waals surface area contributed by atoms with Gasteiger partial charge < -0.3 is 11.1 Å². The van der Waals surface area contributed by atoms with Crippen molar-refractivity contribution in [1.82, 2.24) is 24.6 Å². The lowest BCUT2D eigenvalue weighted by atomic mass is 10.3. The van der Waals surface area contributed by atoms with Crippen LogP contribution in [0.3, 0.4) is 0 Å². The zero-order valence-corrected chi connectivity index (χ0v) is 15.8. The molecule has 3 heterocycles. The summed E-state index contributed by atoms with van der Waals surface area (Å²) in [5.41, 5.74) is 8.90. The minimum atomic E-state index is 0.400. The lowest BCUT2D eigenvalue weighted by Crippen LogP contribution is -2.11. The molecule has 0 unspecified atom stereocenters. The van der Waals surface area contributed by atoms with Gasteiger partial charge in [-0.1, -0.05) is 26.1 Å². The number of fused-ring (bicyclic) bond motifs is 1. The smallest absolute Gasteiger partial charge is 0.181 e. The first-order chi connectivity index (χ1) is 11.9. The minimum Gasteiger partial charge on any atom is -0.402 e. The number of allylic oxidation sites excluding steroid dienone is 1. The molecule has 0 radical (unpaired) electrons. The van der Waals surface area contributed by atoms with Gasteiger partial charge in [-0.2, -0.15) is 5.10 Å². The summed E-state index contributed by atoms with van der Waals surface area (Å²) in [6.07, 6.45) is 9.06. The Morgan fingerprint density at radius 2 is 2.24 bits per heavy atom. The van der Waals surface area contributed by atoms with Crippen molar-refractivity contribution in [2.75, 3.05) is 5.32 Å². The maximum absolute atomic E-state index is 5.70. The normalized spacial score (nSPS) is 12.1. The third kappa shape index (κ3) is 3.99. The maximum atomic E-state index is 5.70. The number of nitrogens with one attached hydrogen (secondary N) is 2. The fourth-order valence-corrected chi connectivity index (χ4v) is 3.39. The van der Waals surface area contributed by atoms with Gasteiger partial charge >= 0.3 is 0 Å². The fourth-order valence-electron chi connectivity index (χ4n) is 2.31. The molecule has 0 aliphatic rings. The van der Waals surface area contributed by atoms with Crippen LogP contribution in [0.1, 0.15) is 20.8 Å². The van der Waals surface area contributed by atoms with Crippen LogP contribution in [0.5, 0.6) is 0 Å². The van der Waals surface area contributed by atoms with Crippen LogP contribution < -0.4 is 11.1 Å². The van der Waals surface area contributed by atoms with E-state index in [0.29, 0.717) is 27.4 Å². The number of nitrogens with zero attached hydrogens (tertiary/aromatic N) is 4. The predicted molar refractivity (Wildman–Crippen MR) is 106 cm³/mol. The van der Waals surface area contributed by atoms with E-state index < -0.39 is 0 Å². The largest absolute Gasteiger partial charge is 0.402 e. The molecule has 7 nitrogen and oxygen atoms in total. The molecule has 0 bridgehead atoms. The maximum Gasteiger partial charge on any atom is 0.181 e. The van der Waals surface area contributed by atoms with E-state index in [9.17, 15) is 0 Å². The average Bonchev–Trinajstić information content (AvgIpc) is 3.13. The second-order valence-electron chi connectivity index (χ2n) is 5.80. The number of imidazole rings is 1. The Morgan fingerprint density at radius 3 is 2.88 bits per heavy atom. The van der Waals surface area contributed by atoms with Gasteiger partial charge in [0, 0.05) is 28.9 Å². The van der Waals surface area contributed by atoms with Gasteiger partial charge in [-0.3, -0.25) is 9.50 Å². The summed E-state index contributed by atoms with van der Waals surface area (Å²) in [6, 6.07) is 0. The first-order valence-electron chi connectivity index (χ1n) is 7.72. The van der Waals surface area contributed by atoms with E-state index >= 15 is 0 Å². The van der Waals surface area contributed by atoms with Crippen LogP contribution in [-0.2, 0) is 0 Å². The second kappa shape index (κ2) is 7.24. The number of anilines is 1. The number of thioether (sulfide) groups is 1. The van der Waals surface area contributed by atoms with Crippen molar-refractivity contribution in [3.05, 3.63) is 36.6 Å². The van der Waals surface area contributed by atoms with Gasteiger partial charge in [-0.25, -0.2) is 9.97 Å². The topological polar surface area (TPSA) is 96.9 Å². The molecule has 0 atom stereocenters. The zero-order valence-electron chi connectivity index (χ0n) is 14.1. The molecule has 0 saturated heterocycles. The number of hydrogen-bond donors (Lipinski definition) is 3. The van der Waals surface area contributed by atoms with Crippen LogP contribution in [0, 0.1) is 0 Å². The molecule has 0 aromatic carbocycles. The highest BCUT2D eigenvalue weighted by Gasteiger charge is 2.15. The van der Waals surface area contributed by atoms with Crippen molar-refractivity contribution in [3.8, 4) is 11.3 Å². The van der Waals surface area contributed by atoms with E-state index in [4.69, 9.17) is 18.0 Å². The molecule has 0 amide bonds. The van der Waals surface area contributed by atoms with Crippen LogP contribution in [0.2, 0.25) is 0 Å². The molecular formula is C16H19N7S2. The quantitative estimate of drug-likeness (QED) is 0.359. The van der Waals surface area contributed by atoms with E-state index in [1.54, 1.807) is 37.2 Å². The number of rotatable bonds is 5. The number of H-pyrrole nitrogens is 1. The van der Waals surface area contributed by atoms with Crippen molar-refractivity contribution in [2.24, 2.45) is 5.73 Å². The molecule has 0 aliphatic carbocycles. The summed E-state index contributed by atoms with van der Waals surface area (Å²) < 4.78 is 1.99. The Labute approximate surface area is 155 Å². The van der Waals surface area contributed by atoms with E-state index in [-0.39, 0.29) is 0 Å². The van der Waals surface area contributed by atoms with Crippen molar-refractivity contribution >= 4 is 40.4 Å². The molecule has 9 heteroatoms. The van der Waals surface area contributed by atoms with Crippen LogP contribution >= 0.6 is 24.0 Å². The summed E-state index contributed by atoms with van der Waals surface area (Å²) in [4.78, 5) is 9.67. The molecule has 0 saturated carbocycles. The number of hydrogen-bond acceptors (Lipinski definition) is 6. The molecule has 0 fully saturated rings. The van der Waals surface area contributed by atoms with E-state index in [2.05, 4.69) is 39.3 Å². The van der Waals surface area contributed by atoms with E-state index in [1.165, 1.54) is 0 Å². The van der Waals surface area contributed by atoms with Crippen molar-refractivity contribution in [3.63, 3.8) is 0 Å². The monoisotopic (exact) mass is 373 g/mol. The molecular weight excluding hydrogens is 354 g/mol. The van der Waals surface area contributed by atoms with Gasteiger partial charge in [-0.05, 0) is 13.0 Å². The van der Waals surface area contributed by atoms with Gasteiger partial charge in [0.2, 0.25) is 0 Å². The Balaban J connectivity index is 2.11. The lowest BCUT2D eigenvalue weighted by molar-refractivity contribution is 1.01. The first kappa shape index (κ1) is 17.4. The Kier molecular flexibility index (Phi) is 5.05. The average molecular weight is 374 g/mol. The van der Waals surface area contributed by atoms with Crippen molar-refractivity contribution in [1.29, 1.82) is 0 Å². The minimum absolute atomic E-state index is 0.400. The van der Waals surface area contributed by atoms with Gasteiger partial charge in [0.25, 0.3) is 0 Å². The Hall–Kier alpha value is -2.39. The fraction of sp³-hybridized carbons (Fsp3) is 0.250. The van der Waals surface area contributed by atoms with E-state index in [1.807, 2.05) is 16.8 Å². The van der Waals surface area contributed by atoms with Crippen LogP contribution in [-0.4, -0.2) is 34.8 Å². The van der Waals surface area contributed by atoms with Crippen molar-refractivity contribution < 1.29 is 0 Å². The number of aromatic nitrogens is 5. The van der Waals surface area contributed by atoms with Gasteiger partial charge in [-0.15, -0.1) is 11.8 Å². The third-order valence-electron chi connectivity index (χ3n) is 3.22. The highest BCUT2D eigenvalue weighted by Crippen LogP contribution is 2.28. The van der Waals surface area contributed by atoms with Crippen LogP contribution in [0.15, 0.2) is 41.6 Å². The molecule has 3 aromatic heterocycles. The third-order valence-corrected chi connectivity index (χ3v) is 4.35. The van der Waals surface area contributed by atoms with Crippen molar-refractivity contribution in [2.45, 2.75) is 31.0 Å². The van der Waals surface area contributed by atoms with E-state index in [0.717, 1.165) is 16.3 Å². The lowest BCUT2D eigenvalue weighted by Gasteiger charge is -2.11. The molecule has 130 valence electrons. The van der Waals surface area contributed by atoms with Gasteiger partial charge in [0.1, 0.15) is 10.0 Å². The summed E-state index contributed by atoms with van der Waals surface area (Å²) in [5, 5.41) is 11.3. The number of nitrogens with two attached hydrogens (primary N) is 1. The summed E-state index contributed by atoms with van der Waals surface area (Å²) in [5.74, 6) is 0.600. The molecule has 0 spiro atoms. The second-order valence-corrected chi connectivity index (χ2v) is 7.83. The van der Waals surface area contributed by atoms with Gasteiger partial charge in [0.05, 0.1) is 18.1 Å². The highest BCUT2D eigenvalue weighted by atomic mass is 32.2. The number of aromatic amines is 1. The zero-order chi connectivity index (χ0) is 18.0. The first-order valence-corrected chi connectivity index (χ1v) is 9.01. The molecule has 0 aliphatic heterocycles. The standard InChI is InChI=1S/C16H19N7S2/c1-9(2)25-14-8-23-12(11-5-19-20-6-11)7-18-16(23)15(22-14)21-13(24)4-10(3)17/h4-9H,17H2,1-3H3,(H,19,20)(H,21,22,24). The van der Waals surface area contributed by atoms with Crippen LogP contribution in [0.4, 0.5) is 5.82 Å². The Bertz CT molecular complexity index is 922. The Morgan fingerprint density at radius 1 is 1.44 bits per heavy atom. The molecule has 3 rings (SSSR count).